The fraction of sp³-hybridized carbons (Fsp3) is 0.0714. The normalized spacial score (nSPS) is 10.1. The molecule has 96 valence electrons. The Morgan fingerprint density at radius 1 is 1.16 bits per heavy atom. The zero-order valence-corrected chi connectivity index (χ0v) is 10.8. The minimum atomic E-state index is -1.04. The molecule has 1 aromatic carbocycles. The number of nitrogens with zero attached hydrogens (tertiary/aromatic N) is 1. The first-order valence-corrected chi connectivity index (χ1v) is 6.55. The first-order valence-electron chi connectivity index (χ1n) is 5.57. The summed E-state index contributed by atoms with van der Waals surface area (Å²) in [4.78, 5) is 27.2. The van der Waals surface area contributed by atoms with Crippen LogP contribution in [0.15, 0.2) is 53.7 Å². The summed E-state index contributed by atoms with van der Waals surface area (Å²) >= 11 is 1.21. The maximum atomic E-state index is 11.9. The van der Waals surface area contributed by atoms with E-state index in [1.165, 1.54) is 24.2 Å². The van der Waals surface area contributed by atoms with E-state index in [0.29, 0.717) is 10.5 Å². The number of benzene rings is 1. The third-order valence-electron chi connectivity index (χ3n) is 2.47. The number of aromatic nitrogens is 1. The fourth-order valence-electron chi connectivity index (χ4n) is 1.52. The van der Waals surface area contributed by atoms with Crippen LogP contribution in [0.4, 0.5) is 0 Å². The molecule has 1 N–H and O–H groups in total. The van der Waals surface area contributed by atoms with Gasteiger partial charge < -0.3 is 5.11 Å². The number of pyridine rings is 1. The molecule has 0 unspecified atom stereocenters. The Bertz CT molecular complexity index is 599. The first kappa shape index (κ1) is 13.3. The summed E-state index contributed by atoms with van der Waals surface area (Å²) < 4.78 is 0. The van der Waals surface area contributed by atoms with Crippen LogP contribution in [0.3, 0.4) is 0 Å². The third kappa shape index (κ3) is 3.42. The lowest BCUT2D eigenvalue weighted by Gasteiger charge is -2.04. The molecule has 19 heavy (non-hydrogen) atoms. The number of carbonyl (C=O) groups is 2. The summed E-state index contributed by atoms with van der Waals surface area (Å²) in [5, 5.41) is 9.01. The van der Waals surface area contributed by atoms with Crippen LogP contribution in [0.5, 0.6) is 0 Å². The molecule has 0 bridgehead atoms. The Balaban J connectivity index is 2.07. The number of carboxylic acids is 1. The van der Waals surface area contributed by atoms with Gasteiger partial charge in [-0.2, -0.15) is 0 Å². The lowest BCUT2D eigenvalue weighted by Crippen LogP contribution is -2.04. The number of aromatic carboxylic acids is 1. The van der Waals surface area contributed by atoms with Crippen molar-refractivity contribution in [3.05, 3.63) is 59.9 Å². The fourth-order valence-corrected chi connectivity index (χ4v) is 2.42. The third-order valence-corrected chi connectivity index (χ3v) is 3.54. The molecule has 0 spiro atoms. The van der Waals surface area contributed by atoms with Crippen molar-refractivity contribution in [1.82, 2.24) is 4.98 Å². The van der Waals surface area contributed by atoms with E-state index in [4.69, 9.17) is 5.11 Å². The predicted octanol–water partition coefficient (Wildman–Crippen LogP) is 2.75. The second-order valence-corrected chi connectivity index (χ2v) is 4.77. The summed E-state index contributed by atoms with van der Waals surface area (Å²) in [7, 11) is 0. The maximum Gasteiger partial charge on any atom is 0.338 e. The second kappa shape index (κ2) is 6.15. The van der Waals surface area contributed by atoms with Gasteiger partial charge in [-0.15, -0.1) is 11.8 Å². The Kier molecular flexibility index (Phi) is 4.30. The number of carboxylic acid groups (broad SMARTS) is 1. The Hall–Kier alpha value is -2.14. The van der Waals surface area contributed by atoms with Gasteiger partial charge in [0.05, 0.1) is 11.3 Å². The summed E-state index contributed by atoms with van der Waals surface area (Å²) in [5.74, 6) is -0.865. The second-order valence-electron chi connectivity index (χ2n) is 3.75. The number of Topliss-reactive ketones (excluding diaryl/α,β-unsaturated/α-hetero) is 1. The van der Waals surface area contributed by atoms with Gasteiger partial charge in [-0.05, 0) is 6.07 Å². The van der Waals surface area contributed by atoms with Gasteiger partial charge in [0.15, 0.2) is 5.78 Å². The maximum absolute atomic E-state index is 11.9. The zero-order valence-electron chi connectivity index (χ0n) is 9.95. The average molecular weight is 273 g/mol. The quantitative estimate of drug-likeness (QED) is 0.670. The Morgan fingerprint density at radius 2 is 1.89 bits per heavy atom. The molecular weight excluding hydrogens is 262 g/mol. The van der Waals surface area contributed by atoms with Crippen LogP contribution in [0.1, 0.15) is 20.7 Å². The van der Waals surface area contributed by atoms with Gasteiger partial charge in [0.1, 0.15) is 0 Å². The van der Waals surface area contributed by atoms with Crippen LogP contribution in [0.25, 0.3) is 0 Å². The van der Waals surface area contributed by atoms with Gasteiger partial charge in [0.2, 0.25) is 0 Å². The monoisotopic (exact) mass is 273 g/mol. The summed E-state index contributed by atoms with van der Waals surface area (Å²) in [6.45, 7) is 0. The van der Waals surface area contributed by atoms with E-state index in [0.717, 1.165) is 0 Å². The van der Waals surface area contributed by atoms with Crippen molar-refractivity contribution in [1.29, 1.82) is 0 Å². The Morgan fingerprint density at radius 3 is 2.58 bits per heavy atom. The molecule has 0 fully saturated rings. The molecule has 1 heterocycles. The lowest BCUT2D eigenvalue weighted by atomic mass is 10.2. The average Bonchev–Trinajstić information content (AvgIpc) is 2.46. The van der Waals surface area contributed by atoms with Gasteiger partial charge in [-0.25, -0.2) is 4.79 Å². The molecule has 0 saturated heterocycles. The number of hydrogen-bond donors (Lipinski definition) is 1. The van der Waals surface area contributed by atoms with Crippen LogP contribution in [0, 0.1) is 0 Å². The first-order chi connectivity index (χ1) is 9.18. The molecule has 4 nitrogen and oxygen atoms in total. The van der Waals surface area contributed by atoms with Gasteiger partial charge in [-0.1, -0.05) is 30.3 Å². The van der Waals surface area contributed by atoms with Crippen molar-refractivity contribution in [2.45, 2.75) is 4.90 Å². The van der Waals surface area contributed by atoms with E-state index in [9.17, 15) is 9.59 Å². The highest BCUT2D eigenvalue weighted by Gasteiger charge is 2.12. The molecule has 1 aromatic heterocycles. The van der Waals surface area contributed by atoms with Crippen LogP contribution < -0.4 is 0 Å². The van der Waals surface area contributed by atoms with Crippen molar-refractivity contribution >= 4 is 23.5 Å². The summed E-state index contributed by atoms with van der Waals surface area (Å²) in [6.07, 6.45) is 2.80. The molecule has 2 rings (SSSR count). The van der Waals surface area contributed by atoms with Gasteiger partial charge in [0.25, 0.3) is 0 Å². The molecule has 0 aliphatic heterocycles. The molecule has 0 saturated carbocycles. The minimum absolute atomic E-state index is 0.0289. The van der Waals surface area contributed by atoms with E-state index in [2.05, 4.69) is 4.98 Å². The van der Waals surface area contributed by atoms with Crippen molar-refractivity contribution in [2.24, 2.45) is 0 Å². The van der Waals surface area contributed by atoms with E-state index in [1.807, 2.05) is 6.07 Å². The highest BCUT2D eigenvalue weighted by molar-refractivity contribution is 8.00. The van der Waals surface area contributed by atoms with Crippen molar-refractivity contribution < 1.29 is 14.7 Å². The predicted molar refractivity (Wildman–Crippen MR) is 72.7 cm³/mol. The topological polar surface area (TPSA) is 67.3 Å². The van der Waals surface area contributed by atoms with Crippen molar-refractivity contribution in [2.75, 3.05) is 5.75 Å². The molecule has 0 amide bonds. The zero-order chi connectivity index (χ0) is 13.7. The summed E-state index contributed by atoms with van der Waals surface area (Å²) in [5.41, 5.74) is 0.745. The molecule has 5 heteroatoms. The van der Waals surface area contributed by atoms with Gasteiger partial charge in [0, 0.05) is 22.9 Å². The van der Waals surface area contributed by atoms with E-state index < -0.39 is 5.97 Å². The number of hydrogen-bond acceptors (Lipinski definition) is 4. The van der Waals surface area contributed by atoms with Gasteiger partial charge >= 0.3 is 5.97 Å². The SMILES string of the molecule is O=C(CSc1ccncc1C(=O)O)c1ccccc1. The lowest BCUT2D eigenvalue weighted by molar-refractivity contribution is 0.0692. The standard InChI is InChI=1S/C14H11NO3S/c16-12(10-4-2-1-3-5-10)9-19-13-6-7-15-8-11(13)14(17)18/h1-8H,9H2,(H,17,18). The van der Waals surface area contributed by atoms with Gasteiger partial charge in [-0.3, -0.25) is 9.78 Å². The van der Waals surface area contributed by atoms with Crippen LogP contribution >= 0.6 is 11.8 Å². The van der Waals surface area contributed by atoms with Crippen LogP contribution in [0.2, 0.25) is 0 Å². The highest BCUT2D eigenvalue weighted by Crippen LogP contribution is 2.22. The van der Waals surface area contributed by atoms with E-state index in [1.54, 1.807) is 30.3 Å². The number of ketones is 1. The number of carbonyl (C=O) groups excluding carboxylic acids is 1. The molecule has 0 atom stereocenters. The molecule has 2 aromatic rings. The Labute approximate surface area is 114 Å². The number of thioether (sulfide) groups is 1. The van der Waals surface area contributed by atoms with Crippen molar-refractivity contribution in [3.8, 4) is 0 Å². The van der Waals surface area contributed by atoms with E-state index in [-0.39, 0.29) is 17.1 Å². The van der Waals surface area contributed by atoms with Crippen LogP contribution in [-0.4, -0.2) is 27.6 Å². The smallest absolute Gasteiger partial charge is 0.338 e. The summed E-state index contributed by atoms with van der Waals surface area (Å²) in [6, 6.07) is 10.5. The highest BCUT2D eigenvalue weighted by atomic mass is 32.2. The van der Waals surface area contributed by atoms with Crippen molar-refractivity contribution in [3.63, 3.8) is 0 Å². The molecule has 0 aliphatic rings. The van der Waals surface area contributed by atoms with Crippen LogP contribution in [-0.2, 0) is 0 Å². The minimum Gasteiger partial charge on any atom is -0.478 e. The molecule has 0 radical (unpaired) electrons. The number of rotatable bonds is 5. The molecule has 0 aliphatic carbocycles. The molecular formula is C14H11NO3S. The largest absolute Gasteiger partial charge is 0.478 e. The van der Waals surface area contributed by atoms with E-state index >= 15 is 0 Å².